The van der Waals surface area contributed by atoms with Crippen LogP contribution in [0.5, 0.6) is 0 Å². The van der Waals surface area contributed by atoms with Gasteiger partial charge in [0.1, 0.15) is 18.1 Å². The van der Waals surface area contributed by atoms with Gasteiger partial charge in [0, 0.05) is 24.7 Å². The molecule has 0 aliphatic heterocycles. The van der Waals surface area contributed by atoms with E-state index in [1.165, 1.54) is 12.5 Å². The van der Waals surface area contributed by atoms with Crippen LogP contribution in [0.3, 0.4) is 0 Å². The van der Waals surface area contributed by atoms with Crippen LogP contribution < -0.4 is 27.4 Å². The molecule has 16 heteroatoms. The lowest BCUT2D eigenvalue weighted by atomic mass is 10.1. The van der Waals surface area contributed by atoms with Crippen LogP contribution in [-0.2, 0) is 35.2 Å². The first-order valence-electron chi connectivity index (χ1n) is 9.92. The van der Waals surface area contributed by atoms with Crippen molar-refractivity contribution < 1.29 is 44.1 Å². The van der Waals surface area contributed by atoms with Gasteiger partial charge in [-0.3, -0.25) is 24.0 Å². The monoisotopic (exact) mass is 485 g/mol. The Morgan fingerprint density at radius 1 is 0.971 bits per heavy atom. The summed E-state index contributed by atoms with van der Waals surface area (Å²) in [5, 5.41) is 33.6. The van der Waals surface area contributed by atoms with E-state index in [1.807, 2.05) is 5.32 Å². The van der Waals surface area contributed by atoms with Crippen LogP contribution in [0, 0.1) is 0 Å². The van der Waals surface area contributed by atoms with E-state index >= 15 is 0 Å². The predicted octanol–water partition coefficient (Wildman–Crippen LogP) is -4.45. The number of nitrogens with one attached hydrogen (secondary N) is 4. The number of carbonyl (C=O) groups is 6. The largest absolute Gasteiger partial charge is 0.481 e. The standard InChI is InChI=1S/C18H27N7O9/c19-9(3-8-5-21-7-22-8)15(30)24-11(4-13(20)27)16(31)25-12(6-26)17(32)23-10(18(33)34)1-2-14(28)29/h5,7,9-12,26H,1-4,6,19H2,(H2,20,27)(H,21,22)(H,23,32)(H,24,30)(H,25,31)(H,28,29)(H,33,34). The highest BCUT2D eigenvalue weighted by Crippen LogP contribution is 2.02. The van der Waals surface area contributed by atoms with E-state index in [1.54, 1.807) is 0 Å². The molecule has 0 spiro atoms. The van der Waals surface area contributed by atoms with Gasteiger partial charge in [0.2, 0.25) is 23.6 Å². The van der Waals surface area contributed by atoms with Crippen molar-refractivity contribution in [3.05, 3.63) is 18.2 Å². The molecule has 16 nitrogen and oxygen atoms in total. The predicted molar refractivity (Wildman–Crippen MR) is 111 cm³/mol. The van der Waals surface area contributed by atoms with Crippen LogP contribution in [0.2, 0.25) is 0 Å². The van der Waals surface area contributed by atoms with E-state index in [-0.39, 0.29) is 6.42 Å². The molecule has 4 unspecified atom stereocenters. The Hall–Kier alpha value is -4.05. The van der Waals surface area contributed by atoms with Crippen molar-refractivity contribution in [3.63, 3.8) is 0 Å². The van der Waals surface area contributed by atoms with E-state index in [0.29, 0.717) is 5.69 Å². The van der Waals surface area contributed by atoms with E-state index in [0.717, 1.165) is 0 Å². The number of H-pyrrole nitrogens is 1. The number of aliphatic carboxylic acids is 2. The number of imidazole rings is 1. The molecule has 0 aliphatic carbocycles. The normalized spacial score (nSPS) is 14.2. The Kier molecular flexibility index (Phi) is 11.1. The minimum atomic E-state index is -1.68. The van der Waals surface area contributed by atoms with Crippen LogP contribution in [0.4, 0.5) is 0 Å². The Balaban J connectivity index is 2.82. The summed E-state index contributed by atoms with van der Waals surface area (Å²) in [5.74, 6) is -6.81. The maximum Gasteiger partial charge on any atom is 0.326 e. The number of hydrogen-bond acceptors (Lipinski definition) is 9. The van der Waals surface area contributed by atoms with Crippen molar-refractivity contribution in [2.24, 2.45) is 11.5 Å². The molecule has 188 valence electrons. The Labute approximate surface area is 192 Å². The Morgan fingerprint density at radius 3 is 2.06 bits per heavy atom. The topological polar surface area (TPSA) is 280 Å². The number of aliphatic hydroxyl groups is 1. The third kappa shape index (κ3) is 9.61. The highest BCUT2D eigenvalue weighted by Gasteiger charge is 2.31. The lowest BCUT2D eigenvalue weighted by Crippen LogP contribution is -2.58. The summed E-state index contributed by atoms with van der Waals surface area (Å²) in [4.78, 5) is 77.0. The number of aliphatic hydroxyl groups excluding tert-OH is 1. The number of nitrogens with two attached hydrogens (primary N) is 2. The number of aromatic amines is 1. The molecular formula is C18H27N7O9. The number of primary amides is 1. The lowest BCUT2D eigenvalue weighted by Gasteiger charge is -2.23. The first-order valence-corrected chi connectivity index (χ1v) is 9.92. The average molecular weight is 485 g/mol. The van der Waals surface area contributed by atoms with Crippen molar-refractivity contribution in [1.29, 1.82) is 0 Å². The van der Waals surface area contributed by atoms with E-state index < -0.39 is 85.6 Å². The fraction of sp³-hybridized carbons (Fsp3) is 0.500. The number of carbonyl (C=O) groups excluding carboxylic acids is 4. The van der Waals surface area contributed by atoms with E-state index in [9.17, 15) is 33.9 Å². The molecule has 1 rings (SSSR count). The highest BCUT2D eigenvalue weighted by molar-refractivity contribution is 5.96. The Bertz CT molecular complexity index is 890. The molecule has 1 aromatic rings. The fourth-order valence-electron chi connectivity index (χ4n) is 2.68. The zero-order valence-electron chi connectivity index (χ0n) is 17.9. The number of rotatable bonds is 15. The maximum atomic E-state index is 12.6. The summed E-state index contributed by atoms with van der Waals surface area (Å²) < 4.78 is 0. The second kappa shape index (κ2) is 13.5. The summed E-state index contributed by atoms with van der Waals surface area (Å²) in [6, 6.07) is -5.96. The number of amides is 4. The molecule has 0 aromatic carbocycles. The van der Waals surface area contributed by atoms with Gasteiger partial charge in [-0.15, -0.1) is 0 Å². The van der Waals surface area contributed by atoms with E-state index in [4.69, 9.17) is 21.7 Å². The van der Waals surface area contributed by atoms with Crippen molar-refractivity contribution >= 4 is 35.6 Å². The molecule has 0 aliphatic rings. The van der Waals surface area contributed by atoms with Crippen LogP contribution in [0.25, 0.3) is 0 Å². The maximum absolute atomic E-state index is 12.6. The zero-order chi connectivity index (χ0) is 25.8. The number of aromatic nitrogens is 2. The summed E-state index contributed by atoms with van der Waals surface area (Å²) in [7, 11) is 0. The SMILES string of the molecule is NC(=O)CC(NC(=O)C(N)Cc1cnc[nH]1)C(=O)NC(CO)C(=O)NC(CCC(=O)O)C(=O)O. The molecule has 4 atom stereocenters. The second-order valence-electron chi connectivity index (χ2n) is 7.19. The van der Waals surface area contributed by atoms with Crippen molar-refractivity contribution in [2.45, 2.75) is 49.9 Å². The molecule has 0 saturated heterocycles. The average Bonchev–Trinajstić information content (AvgIpc) is 3.26. The smallest absolute Gasteiger partial charge is 0.326 e. The van der Waals surface area contributed by atoms with Gasteiger partial charge in [-0.1, -0.05) is 0 Å². The number of carboxylic acids is 2. The minimum Gasteiger partial charge on any atom is -0.481 e. The van der Waals surface area contributed by atoms with Crippen molar-refractivity contribution in [3.8, 4) is 0 Å². The van der Waals surface area contributed by atoms with Crippen LogP contribution in [-0.4, -0.2) is 91.6 Å². The molecule has 11 N–H and O–H groups in total. The quantitative estimate of drug-likeness (QED) is 0.114. The number of nitrogens with zero attached hydrogens (tertiary/aromatic N) is 1. The van der Waals surface area contributed by atoms with Gasteiger partial charge in [-0.2, -0.15) is 0 Å². The van der Waals surface area contributed by atoms with Gasteiger partial charge in [-0.25, -0.2) is 9.78 Å². The van der Waals surface area contributed by atoms with Gasteiger partial charge in [-0.05, 0) is 6.42 Å². The third-order valence-corrected chi connectivity index (χ3v) is 4.45. The molecule has 34 heavy (non-hydrogen) atoms. The first kappa shape index (κ1) is 28.0. The first-order chi connectivity index (χ1) is 15.9. The summed E-state index contributed by atoms with van der Waals surface area (Å²) >= 11 is 0. The minimum absolute atomic E-state index is 0.0331. The van der Waals surface area contributed by atoms with E-state index in [2.05, 4.69) is 20.6 Å². The molecule has 1 heterocycles. The van der Waals surface area contributed by atoms with Crippen LogP contribution >= 0.6 is 0 Å². The molecule has 1 aromatic heterocycles. The number of carboxylic acid groups (broad SMARTS) is 2. The summed E-state index contributed by atoms with van der Waals surface area (Å²) in [6.07, 6.45) is 1.18. The molecule has 0 fully saturated rings. The van der Waals surface area contributed by atoms with Gasteiger partial charge in [0.15, 0.2) is 0 Å². The highest BCUT2D eigenvalue weighted by atomic mass is 16.4. The van der Waals surface area contributed by atoms with Crippen LogP contribution in [0.15, 0.2) is 12.5 Å². The summed E-state index contributed by atoms with van der Waals surface area (Å²) in [5.41, 5.74) is 11.4. The number of hydrogen-bond donors (Lipinski definition) is 9. The van der Waals surface area contributed by atoms with Gasteiger partial charge >= 0.3 is 11.9 Å². The molecule has 0 saturated carbocycles. The molecule has 0 radical (unpaired) electrons. The third-order valence-electron chi connectivity index (χ3n) is 4.45. The lowest BCUT2D eigenvalue weighted by molar-refractivity contribution is -0.143. The van der Waals surface area contributed by atoms with Gasteiger partial charge in [0.05, 0.1) is 25.4 Å². The second-order valence-corrected chi connectivity index (χ2v) is 7.19. The summed E-state index contributed by atoms with van der Waals surface area (Å²) in [6.45, 7) is -0.973. The van der Waals surface area contributed by atoms with Crippen molar-refractivity contribution in [1.82, 2.24) is 25.9 Å². The molecule has 0 bridgehead atoms. The van der Waals surface area contributed by atoms with Crippen LogP contribution in [0.1, 0.15) is 25.0 Å². The van der Waals surface area contributed by atoms with Gasteiger partial charge in [0.25, 0.3) is 0 Å². The fourth-order valence-corrected chi connectivity index (χ4v) is 2.68. The molecular weight excluding hydrogens is 458 g/mol. The van der Waals surface area contributed by atoms with Gasteiger partial charge < -0.3 is 47.7 Å². The Morgan fingerprint density at radius 2 is 1.56 bits per heavy atom. The van der Waals surface area contributed by atoms with Crippen molar-refractivity contribution in [2.75, 3.05) is 6.61 Å². The molecule has 4 amide bonds. The zero-order valence-corrected chi connectivity index (χ0v) is 17.9.